The van der Waals surface area contributed by atoms with Crippen LogP contribution in [0.5, 0.6) is 5.75 Å². The van der Waals surface area contributed by atoms with Crippen molar-refractivity contribution in [1.82, 2.24) is 4.90 Å². The summed E-state index contributed by atoms with van der Waals surface area (Å²) >= 11 is 0. The molecule has 0 bridgehead atoms. The van der Waals surface area contributed by atoms with Crippen molar-refractivity contribution in [3.63, 3.8) is 0 Å². The molecule has 4 heteroatoms. The number of carboxylic acids is 1. The first-order chi connectivity index (χ1) is 9.11. The average molecular weight is 263 g/mol. The van der Waals surface area contributed by atoms with E-state index in [0.717, 1.165) is 42.8 Å². The Morgan fingerprint density at radius 1 is 1.42 bits per heavy atom. The molecule has 0 radical (unpaired) electrons. The van der Waals surface area contributed by atoms with Gasteiger partial charge in [0.2, 0.25) is 0 Å². The van der Waals surface area contributed by atoms with E-state index < -0.39 is 12.0 Å². The number of likely N-dealkylation sites (tertiary alicyclic amines) is 1. The molecule has 0 amide bonds. The van der Waals surface area contributed by atoms with E-state index in [1.54, 1.807) is 7.11 Å². The number of aryl methyl sites for hydroxylation is 1. The predicted octanol–water partition coefficient (Wildman–Crippen LogP) is 2.10. The van der Waals surface area contributed by atoms with Crippen molar-refractivity contribution in [2.45, 2.75) is 32.2 Å². The number of nitrogens with zero attached hydrogens (tertiary/aromatic N) is 1. The molecule has 1 N–H and O–H groups in total. The molecule has 1 aliphatic rings. The van der Waals surface area contributed by atoms with E-state index in [1.807, 2.05) is 25.1 Å². The highest BCUT2D eigenvalue weighted by Gasteiger charge is 2.28. The van der Waals surface area contributed by atoms with Gasteiger partial charge in [-0.1, -0.05) is 17.7 Å². The van der Waals surface area contributed by atoms with Crippen molar-refractivity contribution in [3.8, 4) is 5.75 Å². The normalized spacial score (nSPS) is 17.4. The number of hydrogen-bond donors (Lipinski definition) is 1. The van der Waals surface area contributed by atoms with Gasteiger partial charge in [-0.2, -0.15) is 0 Å². The maximum Gasteiger partial charge on any atom is 0.321 e. The fraction of sp³-hybridized carbons (Fsp3) is 0.533. The lowest BCUT2D eigenvalue weighted by molar-refractivity contribution is -0.142. The van der Waals surface area contributed by atoms with Gasteiger partial charge < -0.3 is 9.84 Å². The summed E-state index contributed by atoms with van der Waals surface area (Å²) in [7, 11) is 1.62. The number of hydrogen-bond acceptors (Lipinski definition) is 3. The molecule has 1 aromatic rings. The van der Waals surface area contributed by atoms with Crippen LogP contribution in [0.3, 0.4) is 0 Å². The van der Waals surface area contributed by atoms with Crippen molar-refractivity contribution in [3.05, 3.63) is 29.3 Å². The van der Waals surface area contributed by atoms with E-state index in [4.69, 9.17) is 4.74 Å². The smallest absolute Gasteiger partial charge is 0.321 e. The summed E-state index contributed by atoms with van der Waals surface area (Å²) in [6.07, 6.45) is 2.68. The highest BCUT2D eigenvalue weighted by Crippen LogP contribution is 2.24. The highest BCUT2D eigenvalue weighted by molar-refractivity contribution is 5.74. The molecule has 1 atom stereocenters. The van der Waals surface area contributed by atoms with Gasteiger partial charge in [0, 0.05) is 6.42 Å². The maximum atomic E-state index is 11.5. The van der Waals surface area contributed by atoms with Crippen LogP contribution in [0.25, 0.3) is 0 Å². The Morgan fingerprint density at radius 3 is 2.68 bits per heavy atom. The minimum atomic E-state index is -0.745. The van der Waals surface area contributed by atoms with Crippen molar-refractivity contribution in [2.75, 3.05) is 20.2 Å². The van der Waals surface area contributed by atoms with Crippen LogP contribution in [0, 0.1) is 6.92 Å². The Labute approximate surface area is 114 Å². The lowest BCUT2D eigenvalue weighted by atomic mass is 10.0. The first kappa shape index (κ1) is 13.9. The minimum absolute atomic E-state index is 0.446. The molecular formula is C15H21NO3. The molecule has 1 aliphatic heterocycles. The van der Waals surface area contributed by atoms with E-state index in [9.17, 15) is 9.90 Å². The Balaban J connectivity index is 2.20. The molecule has 1 unspecified atom stereocenters. The first-order valence-corrected chi connectivity index (χ1v) is 6.72. The number of carbonyl (C=O) groups is 1. The minimum Gasteiger partial charge on any atom is -0.496 e. The van der Waals surface area contributed by atoms with Gasteiger partial charge >= 0.3 is 5.97 Å². The van der Waals surface area contributed by atoms with E-state index in [1.165, 1.54) is 0 Å². The van der Waals surface area contributed by atoms with Crippen molar-refractivity contribution >= 4 is 5.97 Å². The molecule has 19 heavy (non-hydrogen) atoms. The second-order valence-corrected chi connectivity index (χ2v) is 5.12. The molecular weight excluding hydrogens is 242 g/mol. The van der Waals surface area contributed by atoms with Crippen LogP contribution >= 0.6 is 0 Å². The summed E-state index contributed by atoms with van der Waals surface area (Å²) in [4.78, 5) is 13.6. The number of methoxy groups -OCH3 is 1. The monoisotopic (exact) mass is 263 g/mol. The largest absolute Gasteiger partial charge is 0.496 e. The third kappa shape index (κ3) is 3.26. The SMILES string of the molecule is COc1ccc(C)cc1CC(C(=O)O)N1CCCC1. The Bertz CT molecular complexity index is 453. The molecule has 0 saturated carbocycles. The number of rotatable bonds is 5. The third-order valence-corrected chi connectivity index (χ3v) is 3.72. The van der Waals surface area contributed by atoms with Crippen LogP contribution in [0.2, 0.25) is 0 Å². The Hall–Kier alpha value is -1.55. The standard InChI is InChI=1S/C15H21NO3/c1-11-5-6-14(19-2)12(9-11)10-13(15(17)18)16-7-3-4-8-16/h5-6,9,13H,3-4,7-8,10H2,1-2H3,(H,17,18). The fourth-order valence-electron chi connectivity index (χ4n) is 2.70. The predicted molar refractivity (Wildman–Crippen MR) is 73.7 cm³/mol. The van der Waals surface area contributed by atoms with Crippen LogP contribution in [0.4, 0.5) is 0 Å². The molecule has 1 aromatic carbocycles. The second-order valence-electron chi connectivity index (χ2n) is 5.12. The quantitative estimate of drug-likeness (QED) is 0.884. The van der Waals surface area contributed by atoms with Crippen LogP contribution in [-0.2, 0) is 11.2 Å². The van der Waals surface area contributed by atoms with Crippen molar-refractivity contribution in [2.24, 2.45) is 0 Å². The molecule has 2 rings (SSSR count). The van der Waals surface area contributed by atoms with Gasteiger partial charge in [-0.25, -0.2) is 0 Å². The molecule has 1 heterocycles. The van der Waals surface area contributed by atoms with Crippen LogP contribution < -0.4 is 4.74 Å². The number of aliphatic carboxylic acids is 1. The van der Waals surface area contributed by atoms with E-state index in [-0.39, 0.29) is 0 Å². The van der Waals surface area contributed by atoms with Crippen molar-refractivity contribution in [1.29, 1.82) is 0 Å². The van der Waals surface area contributed by atoms with Gasteiger partial charge in [0.05, 0.1) is 7.11 Å². The van der Waals surface area contributed by atoms with Gasteiger partial charge in [0.15, 0.2) is 0 Å². The molecule has 1 saturated heterocycles. The summed E-state index contributed by atoms with van der Waals surface area (Å²) in [6, 6.07) is 5.46. The Kier molecular flexibility index (Phi) is 4.43. The topological polar surface area (TPSA) is 49.8 Å². The highest BCUT2D eigenvalue weighted by atomic mass is 16.5. The van der Waals surface area contributed by atoms with Crippen molar-refractivity contribution < 1.29 is 14.6 Å². The zero-order chi connectivity index (χ0) is 13.8. The average Bonchev–Trinajstić information content (AvgIpc) is 2.89. The lowest BCUT2D eigenvalue weighted by Gasteiger charge is -2.24. The Morgan fingerprint density at radius 2 is 2.11 bits per heavy atom. The summed E-state index contributed by atoms with van der Waals surface area (Å²) in [5.41, 5.74) is 2.10. The summed E-state index contributed by atoms with van der Waals surface area (Å²) in [5.74, 6) is 0.0292. The molecule has 1 fully saturated rings. The van der Waals surface area contributed by atoms with E-state index in [0.29, 0.717) is 6.42 Å². The molecule has 4 nitrogen and oxygen atoms in total. The molecule has 0 aliphatic carbocycles. The zero-order valence-corrected chi connectivity index (χ0v) is 11.6. The molecule has 0 spiro atoms. The van der Waals surface area contributed by atoms with Crippen LogP contribution in [0.1, 0.15) is 24.0 Å². The molecule has 0 aromatic heterocycles. The summed E-state index contributed by atoms with van der Waals surface area (Å²) in [5, 5.41) is 9.45. The van der Waals surface area contributed by atoms with Gasteiger partial charge in [0.1, 0.15) is 11.8 Å². The number of carboxylic acid groups (broad SMARTS) is 1. The second kappa shape index (κ2) is 6.06. The van der Waals surface area contributed by atoms with Gasteiger partial charge in [-0.15, -0.1) is 0 Å². The van der Waals surface area contributed by atoms with Gasteiger partial charge in [-0.3, -0.25) is 9.69 Å². The fourth-order valence-corrected chi connectivity index (χ4v) is 2.70. The number of ether oxygens (including phenoxy) is 1. The van der Waals surface area contributed by atoms with Gasteiger partial charge in [0.25, 0.3) is 0 Å². The number of benzene rings is 1. The summed E-state index contributed by atoms with van der Waals surface area (Å²) < 4.78 is 5.33. The molecule has 104 valence electrons. The van der Waals surface area contributed by atoms with E-state index >= 15 is 0 Å². The van der Waals surface area contributed by atoms with Crippen LogP contribution in [-0.4, -0.2) is 42.2 Å². The third-order valence-electron chi connectivity index (χ3n) is 3.72. The zero-order valence-electron chi connectivity index (χ0n) is 11.6. The maximum absolute atomic E-state index is 11.5. The van der Waals surface area contributed by atoms with Crippen LogP contribution in [0.15, 0.2) is 18.2 Å². The van der Waals surface area contributed by atoms with E-state index in [2.05, 4.69) is 4.90 Å². The first-order valence-electron chi connectivity index (χ1n) is 6.72. The lowest BCUT2D eigenvalue weighted by Crippen LogP contribution is -2.40. The summed E-state index contributed by atoms with van der Waals surface area (Å²) in [6.45, 7) is 3.77. The van der Waals surface area contributed by atoms with Gasteiger partial charge in [-0.05, 0) is 44.5 Å².